The first-order valence-electron chi connectivity index (χ1n) is 11.1. The highest BCUT2D eigenvalue weighted by Crippen LogP contribution is 2.46. The Bertz CT molecular complexity index is 872. The van der Waals surface area contributed by atoms with Crippen LogP contribution in [0.2, 0.25) is 0 Å². The molecule has 1 saturated heterocycles. The predicted octanol–water partition coefficient (Wildman–Crippen LogP) is 2.66. The smallest absolute Gasteiger partial charge is 0.211 e. The summed E-state index contributed by atoms with van der Waals surface area (Å²) in [6.45, 7) is 2.01. The molecular weight excluding hydrogens is 400 g/mol. The van der Waals surface area contributed by atoms with Crippen LogP contribution >= 0.6 is 0 Å². The second kappa shape index (κ2) is 8.75. The van der Waals surface area contributed by atoms with Gasteiger partial charge in [-0.25, -0.2) is 12.7 Å². The van der Waals surface area contributed by atoms with Crippen molar-refractivity contribution in [3.8, 4) is 5.75 Å². The van der Waals surface area contributed by atoms with Gasteiger partial charge in [0.2, 0.25) is 10.0 Å². The lowest BCUT2D eigenvalue weighted by Crippen LogP contribution is -2.48. The largest absolute Gasteiger partial charge is 0.487 e. The number of aliphatic imine (C=N–C) groups is 1. The van der Waals surface area contributed by atoms with Crippen molar-refractivity contribution in [3.05, 3.63) is 29.8 Å². The van der Waals surface area contributed by atoms with Gasteiger partial charge < -0.3 is 15.4 Å². The van der Waals surface area contributed by atoms with Crippen molar-refractivity contribution in [2.75, 3.05) is 32.9 Å². The molecule has 1 unspecified atom stereocenters. The molecule has 1 saturated carbocycles. The highest BCUT2D eigenvalue weighted by atomic mass is 32.2. The summed E-state index contributed by atoms with van der Waals surface area (Å²) < 4.78 is 31.5. The Labute approximate surface area is 180 Å². The average molecular weight is 435 g/mol. The Kier molecular flexibility index (Phi) is 6.25. The number of nitrogens with one attached hydrogen (secondary N) is 2. The van der Waals surface area contributed by atoms with Crippen LogP contribution in [0.4, 0.5) is 0 Å². The number of benzene rings is 1. The molecule has 1 aromatic rings. The van der Waals surface area contributed by atoms with Gasteiger partial charge in [-0.3, -0.25) is 4.99 Å². The number of rotatable bonds is 4. The summed E-state index contributed by atoms with van der Waals surface area (Å²) >= 11 is 0. The molecule has 2 heterocycles. The zero-order valence-electron chi connectivity index (χ0n) is 18.1. The minimum atomic E-state index is -3.08. The van der Waals surface area contributed by atoms with Crippen molar-refractivity contribution in [2.24, 2.45) is 10.9 Å². The molecule has 8 heteroatoms. The Morgan fingerprint density at radius 2 is 1.93 bits per heavy atom. The van der Waals surface area contributed by atoms with Crippen LogP contribution in [0.25, 0.3) is 0 Å². The van der Waals surface area contributed by atoms with Crippen LogP contribution < -0.4 is 15.4 Å². The topological polar surface area (TPSA) is 83.0 Å². The first kappa shape index (κ1) is 21.4. The monoisotopic (exact) mass is 434 g/mol. The number of para-hydroxylation sites is 1. The SMILES string of the molecule is CN=C(NCC1CCN(S(C)(=O)=O)CC1)NC1CC2(CCCC2)Oc2ccccc21. The number of ether oxygens (including phenoxy) is 1. The number of hydrogen-bond donors (Lipinski definition) is 2. The fourth-order valence-electron chi connectivity index (χ4n) is 5.12. The molecule has 30 heavy (non-hydrogen) atoms. The highest BCUT2D eigenvalue weighted by Gasteiger charge is 2.43. The van der Waals surface area contributed by atoms with Crippen molar-refractivity contribution >= 4 is 16.0 Å². The third-order valence-electron chi connectivity index (χ3n) is 6.85. The minimum absolute atomic E-state index is 0.0522. The first-order chi connectivity index (χ1) is 14.4. The van der Waals surface area contributed by atoms with Crippen molar-refractivity contribution in [3.63, 3.8) is 0 Å². The maximum absolute atomic E-state index is 11.7. The summed E-state index contributed by atoms with van der Waals surface area (Å²) in [7, 11) is -1.28. The Hall–Kier alpha value is -1.80. The summed E-state index contributed by atoms with van der Waals surface area (Å²) in [4.78, 5) is 4.46. The maximum Gasteiger partial charge on any atom is 0.211 e. The quantitative estimate of drug-likeness (QED) is 0.562. The van der Waals surface area contributed by atoms with Crippen molar-refractivity contribution in [1.29, 1.82) is 0 Å². The molecular formula is C22H34N4O3S. The van der Waals surface area contributed by atoms with E-state index in [-0.39, 0.29) is 11.6 Å². The third kappa shape index (κ3) is 4.75. The normalized spacial score (nSPS) is 25.0. The summed E-state index contributed by atoms with van der Waals surface area (Å²) in [6.07, 6.45) is 8.69. The van der Waals surface area contributed by atoms with E-state index in [4.69, 9.17) is 4.74 Å². The molecule has 3 aliphatic rings. The second-order valence-electron chi connectivity index (χ2n) is 8.99. The van der Waals surface area contributed by atoms with Gasteiger partial charge in [0, 0.05) is 38.7 Å². The van der Waals surface area contributed by atoms with Gasteiger partial charge in [0.25, 0.3) is 0 Å². The van der Waals surface area contributed by atoms with Crippen LogP contribution in [0.15, 0.2) is 29.3 Å². The molecule has 2 fully saturated rings. The van der Waals surface area contributed by atoms with Gasteiger partial charge in [0.1, 0.15) is 11.4 Å². The predicted molar refractivity (Wildman–Crippen MR) is 119 cm³/mol. The summed E-state index contributed by atoms with van der Waals surface area (Å²) in [5, 5.41) is 7.12. The van der Waals surface area contributed by atoms with Gasteiger partial charge in [-0.05, 0) is 50.5 Å². The molecule has 7 nitrogen and oxygen atoms in total. The number of fused-ring (bicyclic) bond motifs is 1. The highest BCUT2D eigenvalue weighted by molar-refractivity contribution is 7.88. The van der Waals surface area contributed by atoms with E-state index in [1.807, 2.05) is 6.07 Å². The fourth-order valence-corrected chi connectivity index (χ4v) is 5.99. The zero-order chi connectivity index (χ0) is 21.2. The van der Waals surface area contributed by atoms with E-state index in [0.717, 1.165) is 50.4 Å². The number of piperidine rings is 1. The van der Waals surface area contributed by atoms with Crippen LogP contribution in [0.1, 0.15) is 56.6 Å². The average Bonchev–Trinajstić information content (AvgIpc) is 3.18. The maximum atomic E-state index is 11.7. The van der Waals surface area contributed by atoms with Crippen molar-refractivity contribution in [1.82, 2.24) is 14.9 Å². The molecule has 1 atom stereocenters. The molecule has 0 radical (unpaired) electrons. The van der Waals surface area contributed by atoms with E-state index in [0.29, 0.717) is 19.0 Å². The molecule has 2 N–H and O–H groups in total. The van der Waals surface area contributed by atoms with Crippen LogP contribution in [0.3, 0.4) is 0 Å². The van der Waals surface area contributed by atoms with Crippen molar-refractivity contribution < 1.29 is 13.2 Å². The number of nitrogens with zero attached hydrogens (tertiary/aromatic N) is 2. The van der Waals surface area contributed by atoms with Crippen LogP contribution in [0, 0.1) is 5.92 Å². The van der Waals surface area contributed by atoms with Gasteiger partial charge >= 0.3 is 0 Å². The summed E-state index contributed by atoms with van der Waals surface area (Å²) in [5.41, 5.74) is 1.14. The summed E-state index contributed by atoms with van der Waals surface area (Å²) in [6, 6.07) is 8.50. The van der Waals surface area contributed by atoms with Crippen molar-refractivity contribution in [2.45, 2.75) is 56.6 Å². The number of hydrogen-bond acceptors (Lipinski definition) is 4. The molecule has 1 spiro atoms. The van der Waals surface area contributed by atoms with Gasteiger partial charge in [-0.15, -0.1) is 0 Å². The minimum Gasteiger partial charge on any atom is -0.487 e. The second-order valence-corrected chi connectivity index (χ2v) is 11.0. The van der Waals surface area contributed by atoms with Crippen LogP contribution in [-0.4, -0.2) is 57.2 Å². The first-order valence-corrected chi connectivity index (χ1v) is 12.9. The lowest BCUT2D eigenvalue weighted by Gasteiger charge is -2.40. The van der Waals surface area contributed by atoms with E-state index < -0.39 is 10.0 Å². The zero-order valence-corrected chi connectivity index (χ0v) is 18.9. The molecule has 2 aliphatic heterocycles. The third-order valence-corrected chi connectivity index (χ3v) is 8.15. The standard InChI is InChI=1S/C22H34N4O3S/c1-23-21(24-16-17-9-13-26(14-10-17)30(2,27)28)25-19-15-22(11-5-6-12-22)29-20-8-4-3-7-18(19)20/h3-4,7-8,17,19H,5-6,9-16H2,1-2H3,(H2,23,24,25). The lowest BCUT2D eigenvalue weighted by atomic mass is 9.86. The van der Waals surface area contributed by atoms with E-state index in [1.165, 1.54) is 24.7 Å². The van der Waals surface area contributed by atoms with Crippen LogP contribution in [0.5, 0.6) is 5.75 Å². The molecule has 1 aliphatic carbocycles. The Morgan fingerprint density at radius 3 is 2.60 bits per heavy atom. The fraction of sp³-hybridized carbons (Fsp3) is 0.682. The molecule has 0 amide bonds. The van der Waals surface area contributed by atoms with E-state index >= 15 is 0 Å². The van der Waals surface area contributed by atoms with Gasteiger partial charge in [-0.1, -0.05) is 18.2 Å². The lowest BCUT2D eigenvalue weighted by molar-refractivity contribution is 0.0396. The number of guanidine groups is 1. The Balaban J connectivity index is 1.37. The van der Waals surface area contributed by atoms with E-state index in [1.54, 1.807) is 11.4 Å². The van der Waals surface area contributed by atoms with E-state index in [2.05, 4.69) is 33.8 Å². The molecule has 4 rings (SSSR count). The van der Waals surface area contributed by atoms with Gasteiger partial charge in [0.05, 0.1) is 12.3 Å². The summed E-state index contributed by atoms with van der Waals surface area (Å²) in [5.74, 6) is 2.24. The Morgan fingerprint density at radius 1 is 1.23 bits per heavy atom. The van der Waals surface area contributed by atoms with Crippen LogP contribution in [-0.2, 0) is 10.0 Å². The number of sulfonamides is 1. The van der Waals surface area contributed by atoms with E-state index in [9.17, 15) is 8.42 Å². The molecule has 0 bridgehead atoms. The van der Waals surface area contributed by atoms with Gasteiger partial charge in [0.15, 0.2) is 5.96 Å². The molecule has 0 aromatic heterocycles. The molecule has 166 valence electrons. The van der Waals surface area contributed by atoms with Gasteiger partial charge in [-0.2, -0.15) is 0 Å². The molecule has 1 aromatic carbocycles.